The van der Waals surface area contributed by atoms with Crippen LogP contribution >= 0.6 is 22.7 Å². The van der Waals surface area contributed by atoms with Crippen LogP contribution in [0.4, 0.5) is 0 Å². The van der Waals surface area contributed by atoms with Crippen LogP contribution in [0.1, 0.15) is 22.1 Å². The van der Waals surface area contributed by atoms with Crippen LogP contribution in [0.5, 0.6) is 0 Å². The highest BCUT2D eigenvalue weighted by molar-refractivity contribution is 7.10. The van der Waals surface area contributed by atoms with E-state index >= 15 is 0 Å². The first kappa shape index (κ1) is 15.8. The summed E-state index contributed by atoms with van der Waals surface area (Å²) < 4.78 is 0. The Hall–Kier alpha value is -1.66. The topological polar surface area (TPSA) is 40.6 Å². The van der Waals surface area contributed by atoms with Gasteiger partial charge >= 0.3 is 0 Å². The molecule has 2 fully saturated rings. The van der Waals surface area contributed by atoms with Crippen molar-refractivity contribution in [3.8, 4) is 0 Å². The molecule has 2 unspecified atom stereocenters. The zero-order chi connectivity index (χ0) is 16.5. The molecule has 3 heterocycles. The molecule has 2 atom stereocenters. The minimum atomic E-state index is 0.164. The highest BCUT2D eigenvalue weighted by atomic mass is 32.1. The summed E-state index contributed by atoms with van der Waals surface area (Å²) >= 11 is 3.37. The van der Waals surface area contributed by atoms with Crippen molar-refractivity contribution in [2.24, 2.45) is 5.92 Å². The first-order valence-electron chi connectivity index (χ1n) is 8.34. The molecule has 0 spiro atoms. The fourth-order valence-corrected chi connectivity index (χ4v) is 4.97. The molecular formula is C18H20N2O2S2. The lowest BCUT2D eigenvalue weighted by atomic mass is 10.2. The standard InChI is InChI=1S/C18H20N2O2S2/c21-17(11-13-3-1-9-23-13)19-5-7-20(8-6-19)18(22)15-12-14(15)16-4-2-10-24-16/h1-4,9-10,14-15H,5-8,11-12H2. The minimum Gasteiger partial charge on any atom is -0.339 e. The second-order valence-electron chi connectivity index (χ2n) is 6.43. The molecule has 4 nitrogen and oxygen atoms in total. The summed E-state index contributed by atoms with van der Waals surface area (Å²) in [6, 6.07) is 8.16. The van der Waals surface area contributed by atoms with Crippen LogP contribution in [0.3, 0.4) is 0 Å². The summed E-state index contributed by atoms with van der Waals surface area (Å²) in [5.74, 6) is 1.04. The van der Waals surface area contributed by atoms with Gasteiger partial charge in [0.05, 0.1) is 6.42 Å². The highest BCUT2D eigenvalue weighted by Crippen LogP contribution is 2.50. The molecule has 4 rings (SSSR count). The van der Waals surface area contributed by atoms with E-state index in [9.17, 15) is 9.59 Å². The van der Waals surface area contributed by atoms with Gasteiger partial charge in [0.15, 0.2) is 0 Å². The van der Waals surface area contributed by atoms with Gasteiger partial charge in [-0.15, -0.1) is 22.7 Å². The van der Waals surface area contributed by atoms with Gasteiger partial charge < -0.3 is 9.80 Å². The molecule has 2 aliphatic rings. The SMILES string of the molecule is O=C(Cc1cccs1)N1CCN(C(=O)C2CC2c2cccs2)CC1. The van der Waals surface area contributed by atoms with E-state index in [0.717, 1.165) is 11.3 Å². The van der Waals surface area contributed by atoms with Crippen molar-refractivity contribution in [3.05, 3.63) is 44.8 Å². The van der Waals surface area contributed by atoms with Crippen molar-refractivity contribution in [2.45, 2.75) is 18.8 Å². The van der Waals surface area contributed by atoms with Gasteiger partial charge in [-0.05, 0) is 29.3 Å². The maximum Gasteiger partial charge on any atom is 0.227 e. The van der Waals surface area contributed by atoms with Crippen molar-refractivity contribution in [2.75, 3.05) is 26.2 Å². The number of carbonyl (C=O) groups is 2. The van der Waals surface area contributed by atoms with Crippen LogP contribution in [0.25, 0.3) is 0 Å². The lowest BCUT2D eigenvalue weighted by Gasteiger charge is -2.35. The van der Waals surface area contributed by atoms with Crippen molar-refractivity contribution >= 4 is 34.5 Å². The van der Waals surface area contributed by atoms with E-state index in [4.69, 9.17) is 0 Å². The maximum absolute atomic E-state index is 12.6. The zero-order valence-corrected chi connectivity index (χ0v) is 15.0. The Morgan fingerprint density at radius 2 is 1.71 bits per heavy atom. The number of nitrogens with zero attached hydrogens (tertiary/aromatic N) is 2. The number of rotatable bonds is 4. The molecule has 24 heavy (non-hydrogen) atoms. The average Bonchev–Trinajstić information content (AvgIpc) is 3.01. The molecule has 2 amide bonds. The number of thiophene rings is 2. The Morgan fingerprint density at radius 1 is 1.00 bits per heavy atom. The third kappa shape index (κ3) is 3.26. The zero-order valence-electron chi connectivity index (χ0n) is 13.4. The molecule has 126 valence electrons. The second kappa shape index (κ2) is 6.69. The van der Waals surface area contributed by atoms with Gasteiger partial charge in [-0.2, -0.15) is 0 Å². The first-order valence-corrected chi connectivity index (χ1v) is 10.1. The fraction of sp³-hybridized carbons (Fsp3) is 0.444. The summed E-state index contributed by atoms with van der Waals surface area (Å²) in [6.45, 7) is 2.66. The van der Waals surface area contributed by atoms with Gasteiger partial charge in [0.2, 0.25) is 11.8 Å². The van der Waals surface area contributed by atoms with Gasteiger partial charge in [0.1, 0.15) is 0 Å². The summed E-state index contributed by atoms with van der Waals surface area (Å²) in [4.78, 5) is 31.2. The molecule has 2 aromatic rings. The van der Waals surface area contributed by atoms with Gasteiger partial charge in [-0.1, -0.05) is 12.1 Å². The van der Waals surface area contributed by atoms with Crippen LogP contribution in [-0.4, -0.2) is 47.8 Å². The smallest absolute Gasteiger partial charge is 0.227 e. The summed E-state index contributed by atoms with van der Waals surface area (Å²) in [6.07, 6.45) is 1.46. The molecule has 1 saturated heterocycles. The van der Waals surface area contributed by atoms with Crippen molar-refractivity contribution in [1.82, 2.24) is 9.80 Å². The van der Waals surface area contributed by atoms with E-state index in [0.29, 0.717) is 38.5 Å². The molecular weight excluding hydrogens is 340 g/mol. The van der Waals surface area contributed by atoms with Crippen LogP contribution < -0.4 is 0 Å². The molecule has 1 aliphatic carbocycles. The van der Waals surface area contributed by atoms with E-state index in [1.165, 1.54) is 4.88 Å². The van der Waals surface area contributed by atoms with Gasteiger partial charge in [0.25, 0.3) is 0 Å². The largest absolute Gasteiger partial charge is 0.339 e. The normalized spacial score (nSPS) is 23.3. The predicted octanol–water partition coefficient (Wildman–Crippen LogP) is 2.83. The first-order chi connectivity index (χ1) is 11.7. The molecule has 1 aliphatic heterocycles. The Balaban J connectivity index is 1.27. The van der Waals surface area contributed by atoms with E-state index < -0.39 is 0 Å². The Kier molecular flexibility index (Phi) is 4.41. The van der Waals surface area contributed by atoms with Crippen LogP contribution in [0, 0.1) is 5.92 Å². The number of hydrogen-bond acceptors (Lipinski definition) is 4. The van der Waals surface area contributed by atoms with Crippen LogP contribution in [0.2, 0.25) is 0 Å². The second-order valence-corrected chi connectivity index (χ2v) is 8.44. The minimum absolute atomic E-state index is 0.164. The lowest BCUT2D eigenvalue weighted by Crippen LogP contribution is -2.51. The Bertz CT molecular complexity index is 703. The summed E-state index contributed by atoms with van der Waals surface area (Å²) in [7, 11) is 0. The monoisotopic (exact) mass is 360 g/mol. The molecule has 6 heteroatoms. The van der Waals surface area contributed by atoms with Crippen molar-refractivity contribution in [1.29, 1.82) is 0 Å². The van der Waals surface area contributed by atoms with Crippen LogP contribution in [0.15, 0.2) is 35.0 Å². The number of hydrogen-bond donors (Lipinski definition) is 0. The summed E-state index contributed by atoms with van der Waals surface area (Å²) in [5, 5.41) is 4.08. The van der Waals surface area contributed by atoms with Crippen molar-refractivity contribution < 1.29 is 9.59 Å². The number of piperazine rings is 1. The summed E-state index contributed by atoms with van der Waals surface area (Å²) in [5.41, 5.74) is 0. The Morgan fingerprint density at radius 3 is 2.38 bits per heavy atom. The van der Waals surface area contributed by atoms with Crippen molar-refractivity contribution in [3.63, 3.8) is 0 Å². The van der Waals surface area contributed by atoms with Gasteiger partial charge in [-0.25, -0.2) is 0 Å². The molecule has 0 radical (unpaired) electrons. The maximum atomic E-state index is 12.6. The van der Waals surface area contributed by atoms with E-state index in [1.807, 2.05) is 27.3 Å². The third-order valence-electron chi connectivity index (χ3n) is 4.87. The lowest BCUT2D eigenvalue weighted by molar-refractivity contribution is -0.140. The molecule has 0 bridgehead atoms. The average molecular weight is 361 g/mol. The molecule has 0 N–H and O–H groups in total. The molecule has 2 aromatic heterocycles. The number of amides is 2. The number of carbonyl (C=O) groups excluding carboxylic acids is 2. The predicted molar refractivity (Wildman–Crippen MR) is 96.4 cm³/mol. The van der Waals surface area contributed by atoms with E-state index in [-0.39, 0.29) is 17.7 Å². The van der Waals surface area contributed by atoms with E-state index in [2.05, 4.69) is 17.5 Å². The highest BCUT2D eigenvalue weighted by Gasteiger charge is 2.46. The fourth-order valence-electron chi connectivity index (χ4n) is 3.37. The van der Waals surface area contributed by atoms with Crippen LogP contribution in [-0.2, 0) is 16.0 Å². The quantitative estimate of drug-likeness (QED) is 0.841. The molecule has 0 aromatic carbocycles. The third-order valence-corrected chi connectivity index (χ3v) is 6.75. The molecule has 1 saturated carbocycles. The van der Waals surface area contributed by atoms with Gasteiger partial charge in [-0.3, -0.25) is 9.59 Å². The van der Waals surface area contributed by atoms with E-state index in [1.54, 1.807) is 22.7 Å². The van der Waals surface area contributed by atoms with Gasteiger partial charge in [0, 0.05) is 47.8 Å². The Labute approximate surface area is 149 Å².